The number of unbranched alkanes of at least 4 members (excludes halogenated alkanes) is 3. The number of ether oxygens (including phenoxy) is 2. The fraction of sp³-hybridized carbons (Fsp3) is 1.00. The van der Waals surface area contributed by atoms with Gasteiger partial charge in [-0.25, -0.2) is 0 Å². The molecular weight excluding hydrogens is 279 g/mol. The summed E-state index contributed by atoms with van der Waals surface area (Å²) < 4.78 is 11.1. The third-order valence-electron chi connectivity index (χ3n) is 2.31. The lowest BCUT2D eigenvalue weighted by molar-refractivity contribution is -0.101. The molecule has 1 saturated heterocycles. The molecule has 0 aromatic rings. The average Bonchev–Trinajstić information content (AvgIpc) is 2.14. The van der Waals surface area contributed by atoms with Gasteiger partial charge in [-0.2, -0.15) is 0 Å². The second-order valence-electron chi connectivity index (χ2n) is 3.59. The molecule has 13 heavy (non-hydrogen) atoms. The van der Waals surface area contributed by atoms with Crippen LogP contribution in [0.2, 0.25) is 0 Å². The maximum atomic E-state index is 5.71. The van der Waals surface area contributed by atoms with Gasteiger partial charge in [0.2, 0.25) is 0 Å². The summed E-state index contributed by atoms with van der Waals surface area (Å²) in [6.07, 6.45) is 6.36. The van der Waals surface area contributed by atoms with Crippen molar-refractivity contribution in [2.24, 2.45) is 0 Å². The smallest absolute Gasteiger partial charge is 0.142 e. The van der Waals surface area contributed by atoms with E-state index in [0.29, 0.717) is 0 Å². The van der Waals surface area contributed by atoms with E-state index in [2.05, 4.69) is 29.5 Å². The predicted molar refractivity (Wildman–Crippen MR) is 62.3 cm³/mol. The van der Waals surface area contributed by atoms with Gasteiger partial charge in [0, 0.05) is 0 Å². The van der Waals surface area contributed by atoms with E-state index >= 15 is 0 Å². The zero-order valence-electron chi connectivity index (χ0n) is 8.35. The molecule has 2 nitrogen and oxygen atoms in total. The van der Waals surface area contributed by atoms with Crippen molar-refractivity contribution < 1.29 is 9.47 Å². The first-order valence-corrected chi connectivity index (χ1v) is 6.25. The van der Waals surface area contributed by atoms with E-state index in [1.165, 1.54) is 25.7 Å². The highest BCUT2D eigenvalue weighted by atomic mass is 127. The van der Waals surface area contributed by atoms with E-state index in [1.54, 1.807) is 0 Å². The zero-order valence-corrected chi connectivity index (χ0v) is 10.5. The first kappa shape index (κ1) is 11.7. The van der Waals surface area contributed by atoms with Crippen molar-refractivity contribution in [2.75, 3.05) is 19.8 Å². The van der Waals surface area contributed by atoms with Crippen molar-refractivity contribution in [3.8, 4) is 0 Å². The third kappa shape index (κ3) is 4.61. The highest BCUT2D eigenvalue weighted by Crippen LogP contribution is 2.30. The fourth-order valence-corrected chi connectivity index (χ4v) is 2.33. The molecule has 1 atom stereocenters. The van der Waals surface area contributed by atoms with Crippen LogP contribution in [-0.2, 0) is 9.47 Å². The quantitative estimate of drug-likeness (QED) is 0.441. The molecule has 0 aliphatic carbocycles. The van der Waals surface area contributed by atoms with Crippen molar-refractivity contribution >= 4 is 22.6 Å². The SMILES string of the molecule is CCCCCCC1(I)COCCO1. The summed E-state index contributed by atoms with van der Waals surface area (Å²) in [5.74, 6) is 0. The van der Waals surface area contributed by atoms with Crippen LogP contribution in [0.15, 0.2) is 0 Å². The van der Waals surface area contributed by atoms with E-state index in [4.69, 9.17) is 9.47 Å². The van der Waals surface area contributed by atoms with Gasteiger partial charge in [0.05, 0.1) is 19.8 Å². The molecule has 78 valence electrons. The van der Waals surface area contributed by atoms with Gasteiger partial charge in [-0.1, -0.05) is 26.2 Å². The van der Waals surface area contributed by atoms with Gasteiger partial charge < -0.3 is 9.47 Å². The maximum Gasteiger partial charge on any atom is 0.142 e. The maximum absolute atomic E-state index is 5.71. The Labute approximate surface area is 94.5 Å². The molecule has 0 aromatic carbocycles. The lowest BCUT2D eigenvalue weighted by atomic mass is 10.1. The van der Waals surface area contributed by atoms with Crippen molar-refractivity contribution in [3.05, 3.63) is 0 Å². The Morgan fingerprint density at radius 3 is 2.69 bits per heavy atom. The lowest BCUT2D eigenvalue weighted by Crippen LogP contribution is -2.37. The predicted octanol–water partition coefficient (Wildman–Crippen LogP) is 3.13. The molecule has 1 unspecified atom stereocenters. The topological polar surface area (TPSA) is 18.5 Å². The Kier molecular flexibility index (Phi) is 5.58. The number of rotatable bonds is 5. The monoisotopic (exact) mass is 298 g/mol. The van der Waals surface area contributed by atoms with Crippen molar-refractivity contribution in [1.29, 1.82) is 0 Å². The molecule has 1 aliphatic rings. The van der Waals surface area contributed by atoms with Crippen LogP contribution in [0, 0.1) is 0 Å². The van der Waals surface area contributed by atoms with Gasteiger partial charge in [0.1, 0.15) is 3.61 Å². The molecule has 3 heteroatoms. The average molecular weight is 298 g/mol. The van der Waals surface area contributed by atoms with E-state index in [9.17, 15) is 0 Å². The van der Waals surface area contributed by atoms with Crippen LogP contribution in [0.1, 0.15) is 39.0 Å². The normalized spacial score (nSPS) is 29.1. The molecule has 1 heterocycles. The molecule has 0 bridgehead atoms. The number of halogens is 1. The summed E-state index contributed by atoms with van der Waals surface area (Å²) in [6, 6.07) is 0. The lowest BCUT2D eigenvalue weighted by Gasteiger charge is -2.31. The molecule has 0 radical (unpaired) electrons. The van der Waals surface area contributed by atoms with E-state index in [0.717, 1.165) is 26.2 Å². The Hall–Kier alpha value is 0.650. The van der Waals surface area contributed by atoms with Gasteiger partial charge in [-0.05, 0) is 35.4 Å². The van der Waals surface area contributed by atoms with Gasteiger partial charge in [0.15, 0.2) is 0 Å². The molecule has 1 rings (SSSR count). The van der Waals surface area contributed by atoms with Crippen molar-refractivity contribution in [3.63, 3.8) is 0 Å². The van der Waals surface area contributed by atoms with Crippen LogP contribution in [0.4, 0.5) is 0 Å². The van der Waals surface area contributed by atoms with Gasteiger partial charge in [-0.15, -0.1) is 0 Å². The molecule has 0 N–H and O–H groups in total. The minimum Gasteiger partial charge on any atom is -0.375 e. The van der Waals surface area contributed by atoms with E-state index in [1.807, 2.05) is 0 Å². The third-order valence-corrected chi connectivity index (χ3v) is 3.47. The molecule has 0 amide bonds. The van der Waals surface area contributed by atoms with Crippen LogP contribution in [0.5, 0.6) is 0 Å². The molecule has 1 fully saturated rings. The summed E-state index contributed by atoms with van der Waals surface area (Å²) in [7, 11) is 0. The largest absolute Gasteiger partial charge is 0.375 e. The summed E-state index contributed by atoms with van der Waals surface area (Å²) in [5, 5.41) is 0. The number of alkyl halides is 1. The van der Waals surface area contributed by atoms with Gasteiger partial charge in [0.25, 0.3) is 0 Å². The van der Waals surface area contributed by atoms with Crippen LogP contribution in [0.25, 0.3) is 0 Å². The zero-order chi connectivity index (χ0) is 9.57. The highest BCUT2D eigenvalue weighted by molar-refractivity contribution is 14.1. The van der Waals surface area contributed by atoms with Crippen LogP contribution in [-0.4, -0.2) is 23.4 Å². The van der Waals surface area contributed by atoms with E-state index < -0.39 is 0 Å². The summed E-state index contributed by atoms with van der Waals surface area (Å²) >= 11 is 2.39. The van der Waals surface area contributed by atoms with Gasteiger partial charge in [-0.3, -0.25) is 0 Å². The fourth-order valence-electron chi connectivity index (χ4n) is 1.51. The van der Waals surface area contributed by atoms with Crippen LogP contribution < -0.4 is 0 Å². The van der Waals surface area contributed by atoms with Gasteiger partial charge >= 0.3 is 0 Å². The first-order chi connectivity index (χ1) is 6.27. The second kappa shape index (κ2) is 6.19. The summed E-state index contributed by atoms with van der Waals surface area (Å²) in [5.41, 5.74) is 0. The first-order valence-electron chi connectivity index (χ1n) is 5.17. The molecule has 0 spiro atoms. The Morgan fingerprint density at radius 1 is 1.23 bits per heavy atom. The van der Waals surface area contributed by atoms with Crippen molar-refractivity contribution in [2.45, 2.75) is 42.6 Å². The Morgan fingerprint density at radius 2 is 2.08 bits per heavy atom. The molecule has 0 aromatic heterocycles. The minimum atomic E-state index is -0.0241. The molecule has 0 saturated carbocycles. The number of hydrogen-bond donors (Lipinski definition) is 0. The molecule has 1 aliphatic heterocycles. The van der Waals surface area contributed by atoms with Crippen LogP contribution >= 0.6 is 22.6 Å². The minimum absolute atomic E-state index is 0.0241. The summed E-state index contributed by atoms with van der Waals surface area (Å²) in [6.45, 7) is 4.52. The Balaban J connectivity index is 2.10. The number of hydrogen-bond acceptors (Lipinski definition) is 2. The van der Waals surface area contributed by atoms with E-state index in [-0.39, 0.29) is 3.61 Å². The molecular formula is C10H19IO2. The second-order valence-corrected chi connectivity index (χ2v) is 5.56. The highest BCUT2D eigenvalue weighted by Gasteiger charge is 2.29. The standard InChI is InChI=1S/C10H19IO2/c1-2-3-4-5-6-10(11)9-12-7-8-13-10/h2-9H2,1H3. The van der Waals surface area contributed by atoms with Crippen molar-refractivity contribution in [1.82, 2.24) is 0 Å². The van der Waals surface area contributed by atoms with Crippen LogP contribution in [0.3, 0.4) is 0 Å². The Bertz CT molecular complexity index is 133. The summed E-state index contributed by atoms with van der Waals surface area (Å²) in [4.78, 5) is 0.